The van der Waals surface area contributed by atoms with E-state index in [-0.39, 0.29) is 18.2 Å². The van der Waals surface area contributed by atoms with Crippen molar-refractivity contribution in [1.82, 2.24) is 0 Å². The van der Waals surface area contributed by atoms with E-state index in [0.717, 1.165) is 0 Å². The lowest BCUT2D eigenvalue weighted by atomic mass is 10.0. The molecule has 0 aliphatic carbocycles. The minimum atomic E-state index is -0.541. The van der Waals surface area contributed by atoms with Crippen molar-refractivity contribution in [2.75, 3.05) is 0 Å². The average molecular weight is 239 g/mol. The molecule has 0 aromatic heterocycles. The van der Waals surface area contributed by atoms with Crippen molar-refractivity contribution in [3.8, 4) is 0 Å². The van der Waals surface area contributed by atoms with E-state index in [1.165, 1.54) is 12.1 Å². The lowest BCUT2D eigenvalue weighted by Gasteiger charge is -2.21. The molecule has 3 nitrogen and oxygen atoms in total. The second kappa shape index (κ2) is 5.27. The average Bonchev–Trinajstić information content (AvgIpc) is 2.14. The summed E-state index contributed by atoms with van der Waals surface area (Å²) in [5, 5.41) is 0. The summed E-state index contributed by atoms with van der Waals surface area (Å²) in [5.74, 6) is -0.739. The smallest absolute Gasteiger partial charge is 0.308 e. The number of hydrogen-bond donors (Lipinski definition) is 1. The fourth-order valence-corrected chi connectivity index (χ4v) is 1.42. The fraction of sp³-hybridized carbons (Fsp3) is 0.462. The van der Waals surface area contributed by atoms with E-state index < -0.39 is 11.6 Å². The van der Waals surface area contributed by atoms with Crippen molar-refractivity contribution in [1.29, 1.82) is 0 Å². The van der Waals surface area contributed by atoms with Gasteiger partial charge in [0.05, 0.1) is 6.42 Å². The summed E-state index contributed by atoms with van der Waals surface area (Å²) in [6.45, 7) is 5.37. The quantitative estimate of drug-likeness (QED) is 0.825. The Bertz CT molecular complexity index is 399. The molecule has 17 heavy (non-hydrogen) atoms. The van der Waals surface area contributed by atoms with Crippen LogP contribution >= 0.6 is 0 Å². The van der Waals surface area contributed by atoms with Crippen LogP contribution in [0, 0.1) is 5.82 Å². The minimum absolute atomic E-state index is 0.0424. The van der Waals surface area contributed by atoms with Crippen molar-refractivity contribution in [3.63, 3.8) is 0 Å². The van der Waals surface area contributed by atoms with Crippen LogP contribution in [0.4, 0.5) is 4.39 Å². The zero-order chi connectivity index (χ0) is 13.1. The Morgan fingerprint density at radius 3 is 2.65 bits per heavy atom. The van der Waals surface area contributed by atoms with Gasteiger partial charge in [-0.2, -0.15) is 0 Å². The number of hydrogen-bond acceptors (Lipinski definition) is 3. The van der Waals surface area contributed by atoms with Gasteiger partial charge in [-0.1, -0.05) is 12.1 Å². The number of esters is 1. The Morgan fingerprint density at radius 2 is 2.12 bits per heavy atom. The second-order valence-corrected chi connectivity index (χ2v) is 4.95. The molecule has 0 heterocycles. The van der Waals surface area contributed by atoms with Crippen LogP contribution < -0.4 is 5.73 Å². The monoisotopic (exact) mass is 239 g/mol. The summed E-state index contributed by atoms with van der Waals surface area (Å²) < 4.78 is 18.1. The Labute approximate surface area is 101 Å². The van der Waals surface area contributed by atoms with Crippen LogP contribution in [0.2, 0.25) is 0 Å². The Morgan fingerprint density at radius 1 is 1.47 bits per heavy atom. The van der Waals surface area contributed by atoms with E-state index in [2.05, 4.69) is 0 Å². The van der Waals surface area contributed by atoms with E-state index in [4.69, 9.17) is 10.5 Å². The van der Waals surface area contributed by atoms with Gasteiger partial charge in [-0.25, -0.2) is 4.39 Å². The first-order chi connectivity index (χ1) is 7.78. The number of ether oxygens (including phenoxy) is 1. The van der Waals surface area contributed by atoms with Crippen LogP contribution in [-0.2, 0) is 9.53 Å². The topological polar surface area (TPSA) is 52.3 Å². The predicted molar refractivity (Wildman–Crippen MR) is 63.8 cm³/mol. The Hall–Kier alpha value is -1.42. The molecule has 1 atom stereocenters. The van der Waals surface area contributed by atoms with Crippen molar-refractivity contribution < 1.29 is 13.9 Å². The van der Waals surface area contributed by atoms with Gasteiger partial charge >= 0.3 is 5.97 Å². The molecule has 0 radical (unpaired) electrons. The maximum Gasteiger partial charge on any atom is 0.308 e. The molecule has 2 N–H and O–H groups in total. The van der Waals surface area contributed by atoms with E-state index >= 15 is 0 Å². The first-order valence-corrected chi connectivity index (χ1v) is 5.51. The van der Waals surface area contributed by atoms with E-state index in [1.807, 2.05) is 0 Å². The third-order valence-electron chi connectivity index (χ3n) is 2.08. The van der Waals surface area contributed by atoms with Gasteiger partial charge in [-0.3, -0.25) is 4.79 Å². The Kier molecular flexibility index (Phi) is 4.23. The lowest BCUT2D eigenvalue weighted by molar-refractivity contribution is -0.155. The van der Waals surface area contributed by atoms with Crippen molar-refractivity contribution >= 4 is 5.97 Å². The maximum atomic E-state index is 13.0. The molecule has 1 aromatic rings. The molecule has 94 valence electrons. The van der Waals surface area contributed by atoms with Gasteiger partial charge in [0.2, 0.25) is 0 Å². The molecule has 0 spiro atoms. The predicted octanol–water partition coefficient (Wildman–Crippen LogP) is 2.56. The van der Waals surface area contributed by atoms with Crippen LogP contribution in [0.3, 0.4) is 0 Å². The lowest BCUT2D eigenvalue weighted by Crippen LogP contribution is -2.26. The van der Waals surface area contributed by atoms with Gasteiger partial charge < -0.3 is 10.5 Å². The molecule has 1 rings (SSSR count). The second-order valence-electron chi connectivity index (χ2n) is 4.95. The summed E-state index contributed by atoms with van der Waals surface area (Å²) in [6, 6.07) is 5.39. The van der Waals surface area contributed by atoms with Gasteiger partial charge in [-0.05, 0) is 38.5 Å². The largest absolute Gasteiger partial charge is 0.460 e. The molecule has 0 saturated carbocycles. The number of carbonyl (C=O) groups is 1. The van der Waals surface area contributed by atoms with Gasteiger partial charge in [0.25, 0.3) is 0 Å². The van der Waals surface area contributed by atoms with Crippen LogP contribution in [0.5, 0.6) is 0 Å². The van der Waals surface area contributed by atoms with Crippen LogP contribution in [0.1, 0.15) is 38.8 Å². The zero-order valence-electron chi connectivity index (χ0n) is 10.4. The number of nitrogens with two attached hydrogens (primary N) is 1. The molecule has 0 amide bonds. The maximum absolute atomic E-state index is 13.0. The number of carbonyl (C=O) groups excluding carboxylic acids is 1. The molecule has 0 bridgehead atoms. The molecule has 4 heteroatoms. The van der Waals surface area contributed by atoms with E-state index in [9.17, 15) is 9.18 Å². The molecular weight excluding hydrogens is 221 g/mol. The highest BCUT2D eigenvalue weighted by molar-refractivity contribution is 5.70. The highest BCUT2D eigenvalue weighted by atomic mass is 19.1. The summed E-state index contributed by atoms with van der Waals surface area (Å²) in [7, 11) is 0. The van der Waals surface area contributed by atoms with Gasteiger partial charge in [-0.15, -0.1) is 0 Å². The van der Waals surface area contributed by atoms with Crippen LogP contribution in [0.25, 0.3) is 0 Å². The van der Waals surface area contributed by atoms with Gasteiger partial charge in [0, 0.05) is 6.04 Å². The number of rotatable bonds is 3. The van der Waals surface area contributed by atoms with E-state index in [1.54, 1.807) is 32.9 Å². The molecule has 1 aromatic carbocycles. The molecule has 0 aliphatic heterocycles. The highest BCUT2D eigenvalue weighted by Gasteiger charge is 2.19. The third-order valence-corrected chi connectivity index (χ3v) is 2.08. The number of benzene rings is 1. The molecule has 0 saturated heterocycles. The Balaban J connectivity index is 2.61. The highest BCUT2D eigenvalue weighted by Crippen LogP contribution is 2.17. The first kappa shape index (κ1) is 13.6. The fourth-order valence-electron chi connectivity index (χ4n) is 1.42. The standard InChI is InChI=1S/C13H18FNO2/c1-13(2,3)17-12(16)8-11(15)9-5-4-6-10(14)7-9/h4-7,11H,8,15H2,1-3H3/t11-/m0/s1. The van der Waals surface area contributed by atoms with Gasteiger partial charge in [0.1, 0.15) is 11.4 Å². The molecule has 0 aliphatic rings. The molecular formula is C13H18FNO2. The van der Waals surface area contributed by atoms with Crippen molar-refractivity contribution in [2.45, 2.75) is 38.8 Å². The van der Waals surface area contributed by atoms with Crippen LogP contribution in [0.15, 0.2) is 24.3 Å². The molecule has 0 fully saturated rings. The number of halogens is 1. The first-order valence-electron chi connectivity index (χ1n) is 5.51. The minimum Gasteiger partial charge on any atom is -0.460 e. The third kappa shape index (κ3) is 4.95. The zero-order valence-corrected chi connectivity index (χ0v) is 10.4. The van der Waals surface area contributed by atoms with Crippen molar-refractivity contribution in [3.05, 3.63) is 35.6 Å². The van der Waals surface area contributed by atoms with Gasteiger partial charge in [0.15, 0.2) is 0 Å². The summed E-state index contributed by atoms with van der Waals surface area (Å²) in [6.07, 6.45) is 0.0424. The summed E-state index contributed by atoms with van der Waals surface area (Å²) in [4.78, 5) is 11.5. The molecule has 0 unspecified atom stereocenters. The van der Waals surface area contributed by atoms with E-state index in [0.29, 0.717) is 5.56 Å². The van der Waals surface area contributed by atoms with Crippen molar-refractivity contribution in [2.24, 2.45) is 5.73 Å². The normalized spacial score (nSPS) is 13.2. The van der Waals surface area contributed by atoms with Crippen LogP contribution in [-0.4, -0.2) is 11.6 Å². The summed E-state index contributed by atoms with van der Waals surface area (Å²) in [5.41, 5.74) is 5.88. The summed E-state index contributed by atoms with van der Waals surface area (Å²) >= 11 is 0. The SMILES string of the molecule is CC(C)(C)OC(=O)C[C@H](N)c1cccc(F)c1.